The normalized spacial score (nSPS) is 16.7. The Hall–Kier alpha value is -2.21. The average molecular weight is 378 g/mol. The van der Waals surface area contributed by atoms with Crippen LogP contribution in [0, 0.1) is 0 Å². The first-order valence-corrected chi connectivity index (χ1v) is 7.85. The van der Waals surface area contributed by atoms with Gasteiger partial charge in [-0.05, 0) is 6.07 Å². The Labute approximate surface area is 142 Å². The number of hydrogen-bond acceptors (Lipinski definition) is 5. The number of rotatable bonds is 4. The van der Waals surface area contributed by atoms with Gasteiger partial charge in [0.25, 0.3) is 0 Å². The van der Waals surface area contributed by atoms with Gasteiger partial charge in [0.2, 0.25) is 0 Å². The van der Waals surface area contributed by atoms with Gasteiger partial charge in [0.05, 0.1) is 25.5 Å². The van der Waals surface area contributed by atoms with Gasteiger partial charge in [-0.2, -0.15) is 0 Å². The van der Waals surface area contributed by atoms with Gasteiger partial charge >= 0.3 is 0 Å². The van der Waals surface area contributed by atoms with E-state index in [4.69, 9.17) is 14.3 Å². The summed E-state index contributed by atoms with van der Waals surface area (Å²) in [5.74, 6) is 1.07. The zero-order chi connectivity index (χ0) is 16.4. The first kappa shape index (κ1) is 15.7. The fourth-order valence-electron chi connectivity index (χ4n) is 2.57. The van der Waals surface area contributed by atoms with Crippen LogP contribution in [0.5, 0.6) is 17.2 Å². The maximum atomic E-state index is 10.3. The standard InChI is InChI=1S/C17H16BrNO4/c1-21-10-7-14(20)17(16(8-10)22-2)13-9-15(23-19-13)11-5-3-4-6-12(11)18/h3-8,15,20H,9H2,1-2H3. The quantitative estimate of drug-likeness (QED) is 0.873. The van der Waals surface area contributed by atoms with Crippen molar-refractivity contribution < 1.29 is 19.4 Å². The summed E-state index contributed by atoms with van der Waals surface area (Å²) in [5.41, 5.74) is 2.18. The molecule has 120 valence electrons. The molecule has 6 heteroatoms. The Morgan fingerprint density at radius 1 is 1.22 bits per heavy atom. The molecule has 0 saturated carbocycles. The lowest BCUT2D eigenvalue weighted by atomic mass is 9.99. The molecule has 0 bridgehead atoms. The lowest BCUT2D eigenvalue weighted by molar-refractivity contribution is 0.0852. The molecule has 2 aromatic rings. The second kappa shape index (κ2) is 6.50. The number of phenolic OH excluding ortho intramolecular Hbond substituents is 1. The summed E-state index contributed by atoms with van der Waals surface area (Å²) in [5, 5.41) is 14.4. The van der Waals surface area contributed by atoms with Crippen LogP contribution in [0.4, 0.5) is 0 Å². The van der Waals surface area contributed by atoms with Gasteiger partial charge in [0, 0.05) is 28.6 Å². The Kier molecular flexibility index (Phi) is 4.43. The lowest BCUT2D eigenvalue weighted by Crippen LogP contribution is -2.05. The predicted molar refractivity (Wildman–Crippen MR) is 90.3 cm³/mol. The van der Waals surface area contributed by atoms with Crippen molar-refractivity contribution in [2.45, 2.75) is 12.5 Å². The van der Waals surface area contributed by atoms with E-state index in [2.05, 4.69) is 21.1 Å². The van der Waals surface area contributed by atoms with E-state index in [1.807, 2.05) is 24.3 Å². The van der Waals surface area contributed by atoms with Crippen LogP contribution in [0.15, 0.2) is 46.0 Å². The van der Waals surface area contributed by atoms with E-state index in [1.165, 1.54) is 13.2 Å². The molecule has 5 nitrogen and oxygen atoms in total. The molecule has 0 amide bonds. The van der Waals surface area contributed by atoms with Gasteiger partial charge in [-0.25, -0.2) is 0 Å². The number of nitrogens with zero attached hydrogens (tertiary/aromatic N) is 1. The number of ether oxygens (including phenoxy) is 2. The molecular weight excluding hydrogens is 362 g/mol. The van der Waals surface area contributed by atoms with Crippen LogP contribution in [0.2, 0.25) is 0 Å². The van der Waals surface area contributed by atoms with Crippen molar-refractivity contribution in [2.75, 3.05) is 14.2 Å². The second-order valence-corrected chi connectivity index (χ2v) is 5.94. The number of methoxy groups -OCH3 is 2. The fourth-order valence-corrected chi connectivity index (χ4v) is 3.11. The van der Waals surface area contributed by atoms with Crippen LogP contribution in [0.3, 0.4) is 0 Å². The van der Waals surface area contributed by atoms with Crippen molar-refractivity contribution in [1.29, 1.82) is 0 Å². The lowest BCUT2D eigenvalue weighted by Gasteiger charge is -2.13. The van der Waals surface area contributed by atoms with E-state index >= 15 is 0 Å². The maximum Gasteiger partial charge on any atom is 0.159 e. The highest BCUT2D eigenvalue weighted by molar-refractivity contribution is 9.10. The minimum absolute atomic E-state index is 0.0522. The molecule has 1 N–H and O–H groups in total. The molecule has 0 fully saturated rings. The summed E-state index contributed by atoms with van der Waals surface area (Å²) in [6, 6.07) is 11.1. The van der Waals surface area contributed by atoms with Crippen molar-refractivity contribution >= 4 is 21.6 Å². The molecule has 0 saturated heterocycles. The minimum Gasteiger partial charge on any atom is -0.507 e. The van der Waals surface area contributed by atoms with Crippen molar-refractivity contribution in [3.63, 3.8) is 0 Å². The molecule has 1 unspecified atom stereocenters. The monoisotopic (exact) mass is 377 g/mol. The number of hydrogen-bond donors (Lipinski definition) is 1. The average Bonchev–Trinajstić information content (AvgIpc) is 3.03. The third-order valence-corrected chi connectivity index (χ3v) is 4.44. The highest BCUT2D eigenvalue weighted by Gasteiger charge is 2.29. The first-order valence-electron chi connectivity index (χ1n) is 7.06. The molecule has 3 rings (SSSR count). The zero-order valence-electron chi connectivity index (χ0n) is 12.7. The molecule has 1 aliphatic rings. The number of benzene rings is 2. The summed E-state index contributed by atoms with van der Waals surface area (Å²) in [7, 11) is 3.08. The smallest absolute Gasteiger partial charge is 0.159 e. The highest BCUT2D eigenvalue weighted by Crippen LogP contribution is 2.40. The second-order valence-electron chi connectivity index (χ2n) is 5.08. The van der Waals surface area contributed by atoms with E-state index in [0.29, 0.717) is 29.2 Å². The van der Waals surface area contributed by atoms with E-state index in [1.54, 1.807) is 13.2 Å². The Morgan fingerprint density at radius 3 is 2.70 bits per heavy atom. The molecule has 23 heavy (non-hydrogen) atoms. The van der Waals surface area contributed by atoms with Crippen LogP contribution in [-0.4, -0.2) is 25.0 Å². The van der Waals surface area contributed by atoms with Crippen molar-refractivity contribution in [1.82, 2.24) is 0 Å². The van der Waals surface area contributed by atoms with Crippen molar-refractivity contribution in [3.05, 3.63) is 52.0 Å². The summed E-state index contributed by atoms with van der Waals surface area (Å²) in [6.07, 6.45) is 0.338. The number of phenols is 1. The van der Waals surface area contributed by atoms with Crippen molar-refractivity contribution in [2.24, 2.45) is 5.16 Å². The van der Waals surface area contributed by atoms with Crippen LogP contribution in [0.1, 0.15) is 23.7 Å². The van der Waals surface area contributed by atoms with Gasteiger partial charge in [0.1, 0.15) is 17.2 Å². The Balaban J connectivity index is 1.91. The van der Waals surface area contributed by atoms with Crippen LogP contribution < -0.4 is 9.47 Å². The molecule has 0 aromatic heterocycles. The van der Waals surface area contributed by atoms with Gasteiger partial charge in [-0.1, -0.05) is 39.3 Å². The highest BCUT2D eigenvalue weighted by atomic mass is 79.9. The van der Waals surface area contributed by atoms with Crippen LogP contribution >= 0.6 is 15.9 Å². The number of oxime groups is 1. The van der Waals surface area contributed by atoms with Gasteiger partial charge in [0.15, 0.2) is 6.10 Å². The summed E-state index contributed by atoms with van der Waals surface area (Å²) >= 11 is 3.52. The van der Waals surface area contributed by atoms with E-state index < -0.39 is 0 Å². The molecule has 0 spiro atoms. The third-order valence-electron chi connectivity index (χ3n) is 3.72. The van der Waals surface area contributed by atoms with E-state index in [-0.39, 0.29) is 11.9 Å². The number of halogens is 1. The Morgan fingerprint density at radius 2 is 2.00 bits per heavy atom. The summed E-state index contributed by atoms with van der Waals surface area (Å²) in [6.45, 7) is 0. The molecular formula is C17H16BrNO4. The SMILES string of the molecule is COc1cc(O)c(C2=NOC(c3ccccc3Br)C2)c(OC)c1. The first-order chi connectivity index (χ1) is 11.1. The molecule has 0 aliphatic carbocycles. The molecule has 1 atom stereocenters. The van der Waals surface area contributed by atoms with Crippen molar-refractivity contribution in [3.8, 4) is 17.2 Å². The zero-order valence-corrected chi connectivity index (χ0v) is 14.3. The molecule has 2 aromatic carbocycles. The third kappa shape index (κ3) is 2.99. The maximum absolute atomic E-state index is 10.3. The van der Waals surface area contributed by atoms with Gasteiger partial charge < -0.3 is 19.4 Å². The topological polar surface area (TPSA) is 60.3 Å². The van der Waals surface area contributed by atoms with E-state index in [9.17, 15) is 5.11 Å². The van der Waals surface area contributed by atoms with Crippen LogP contribution in [-0.2, 0) is 4.84 Å². The molecule has 1 heterocycles. The summed E-state index contributed by atoms with van der Waals surface area (Å²) in [4.78, 5) is 5.56. The van der Waals surface area contributed by atoms with Gasteiger partial charge in [-0.15, -0.1) is 0 Å². The van der Waals surface area contributed by atoms with E-state index in [0.717, 1.165) is 10.0 Å². The number of aromatic hydroxyl groups is 1. The molecule has 0 radical (unpaired) electrons. The largest absolute Gasteiger partial charge is 0.507 e. The summed E-state index contributed by atoms with van der Waals surface area (Å²) < 4.78 is 11.5. The predicted octanol–water partition coefficient (Wildman–Crippen LogP) is 4.04. The Bertz CT molecular complexity index is 760. The van der Waals surface area contributed by atoms with Gasteiger partial charge in [-0.3, -0.25) is 0 Å². The fraction of sp³-hybridized carbons (Fsp3) is 0.235. The van der Waals surface area contributed by atoms with Crippen LogP contribution in [0.25, 0.3) is 0 Å². The molecule has 1 aliphatic heterocycles. The minimum atomic E-state index is -0.202.